The first kappa shape index (κ1) is 14.8. The van der Waals surface area contributed by atoms with Crippen molar-refractivity contribution in [3.8, 4) is 0 Å². The lowest BCUT2D eigenvalue weighted by atomic mass is 10.3. The van der Waals surface area contributed by atoms with Gasteiger partial charge in [0.2, 0.25) is 10.0 Å². The van der Waals surface area contributed by atoms with Gasteiger partial charge < -0.3 is 4.74 Å². The van der Waals surface area contributed by atoms with Crippen molar-refractivity contribution in [3.63, 3.8) is 0 Å². The van der Waals surface area contributed by atoms with Crippen LogP contribution in [0.25, 0.3) is 0 Å². The Labute approximate surface area is 121 Å². The molecule has 0 unspecified atom stereocenters. The van der Waals surface area contributed by atoms with Crippen LogP contribution in [0.4, 0.5) is 0 Å². The fourth-order valence-corrected chi connectivity index (χ4v) is 5.14. The van der Waals surface area contributed by atoms with E-state index >= 15 is 0 Å². The number of hydrogen-bond donors (Lipinski definition) is 1. The van der Waals surface area contributed by atoms with Crippen LogP contribution in [-0.4, -0.2) is 27.5 Å². The molecule has 1 fully saturated rings. The van der Waals surface area contributed by atoms with Gasteiger partial charge in [0.05, 0.1) is 11.4 Å². The number of rotatable bonds is 4. The predicted octanol–water partition coefficient (Wildman–Crippen LogP) is 2.41. The topological polar surface area (TPSA) is 72.5 Å². The largest absolute Gasteiger partial charge is 0.465 e. The van der Waals surface area contributed by atoms with E-state index in [0.717, 1.165) is 37.0 Å². The molecule has 0 bridgehead atoms. The van der Waals surface area contributed by atoms with Gasteiger partial charge in [0.15, 0.2) is 0 Å². The van der Waals surface area contributed by atoms with Gasteiger partial charge >= 0.3 is 5.97 Å². The summed E-state index contributed by atoms with van der Waals surface area (Å²) in [6, 6.07) is 1.23. The lowest BCUT2D eigenvalue weighted by Crippen LogP contribution is -2.33. The minimum Gasteiger partial charge on any atom is -0.465 e. The van der Waals surface area contributed by atoms with Gasteiger partial charge in [0.25, 0.3) is 0 Å². The average molecular weight is 324 g/mol. The Bertz CT molecular complexity index is 576. The fourth-order valence-electron chi connectivity index (χ4n) is 2.11. The SMILES string of the molecule is COC(=O)c1sc(Cl)cc1S(=O)(=O)NC1CCCC1. The highest BCUT2D eigenvalue weighted by atomic mass is 35.5. The third-order valence-electron chi connectivity index (χ3n) is 3.01. The maximum atomic E-state index is 12.3. The number of esters is 1. The second-order valence-corrected chi connectivity index (χ2v) is 7.70. The van der Waals surface area contributed by atoms with Crippen molar-refractivity contribution in [1.29, 1.82) is 0 Å². The maximum absolute atomic E-state index is 12.3. The van der Waals surface area contributed by atoms with Crippen molar-refractivity contribution in [2.24, 2.45) is 0 Å². The molecular weight excluding hydrogens is 310 g/mol. The highest BCUT2D eigenvalue weighted by Gasteiger charge is 2.29. The Balaban J connectivity index is 2.31. The summed E-state index contributed by atoms with van der Waals surface area (Å²) in [5.74, 6) is -0.691. The molecule has 1 N–H and O–H groups in total. The monoisotopic (exact) mass is 323 g/mol. The van der Waals surface area contributed by atoms with E-state index in [4.69, 9.17) is 11.6 Å². The van der Waals surface area contributed by atoms with Crippen LogP contribution < -0.4 is 4.72 Å². The molecule has 0 atom stereocenters. The van der Waals surface area contributed by atoms with Crippen LogP contribution in [-0.2, 0) is 14.8 Å². The van der Waals surface area contributed by atoms with E-state index in [1.165, 1.54) is 13.2 Å². The Morgan fingerprint density at radius 1 is 1.47 bits per heavy atom. The highest BCUT2D eigenvalue weighted by Crippen LogP contribution is 2.31. The Morgan fingerprint density at radius 2 is 2.11 bits per heavy atom. The van der Waals surface area contributed by atoms with Crippen LogP contribution in [0.3, 0.4) is 0 Å². The smallest absolute Gasteiger partial charge is 0.349 e. The summed E-state index contributed by atoms with van der Waals surface area (Å²) >= 11 is 6.71. The molecule has 1 aliphatic carbocycles. The molecule has 106 valence electrons. The van der Waals surface area contributed by atoms with Crippen LogP contribution in [0.2, 0.25) is 4.34 Å². The number of thiophene rings is 1. The van der Waals surface area contributed by atoms with Crippen LogP contribution in [0.5, 0.6) is 0 Å². The molecule has 0 aromatic carbocycles. The van der Waals surface area contributed by atoms with Gasteiger partial charge in [-0.15, -0.1) is 11.3 Å². The molecule has 8 heteroatoms. The maximum Gasteiger partial charge on any atom is 0.349 e. The van der Waals surface area contributed by atoms with E-state index in [0.29, 0.717) is 0 Å². The quantitative estimate of drug-likeness (QED) is 0.864. The number of hydrogen-bond acceptors (Lipinski definition) is 5. The second-order valence-electron chi connectivity index (χ2n) is 4.34. The molecule has 1 heterocycles. The minimum atomic E-state index is -3.73. The number of carbonyl (C=O) groups is 1. The molecule has 0 aliphatic heterocycles. The first-order valence-electron chi connectivity index (χ1n) is 5.84. The summed E-state index contributed by atoms with van der Waals surface area (Å²) in [5.41, 5.74) is 0. The summed E-state index contributed by atoms with van der Waals surface area (Å²) in [6.07, 6.45) is 3.68. The Hall–Kier alpha value is -0.630. The standard InChI is InChI=1S/C11H14ClNO4S2/c1-17-11(14)10-8(6-9(12)18-10)19(15,16)13-7-4-2-3-5-7/h6-7,13H,2-5H2,1H3. The van der Waals surface area contributed by atoms with Crippen molar-refractivity contribution < 1.29 is 17.9 Å². The third kappa shape index (κ3) is 3.28. The highest BCUT2D eigenvalue weighted by molar-refractivity contribution is 7.89. The minimum absolute atomic E-state index is 0.0120. The summed E-state index contributed by atoms with van der Waals surface area (Å²) in [6.45, 7) is 0. The number of nitrogens with one attached hydrogen (secondary N) is 1. The van der Waals surface area contributed by atoms with E-state index in [1.807, 2.05) is 0 Å². The van der Waals surface area contributed by atoms with E-state index in [-0.39, 0.29) is 20.2 Å². The molecule has 0 spiro atoms. The van der Waals surface area contributed by atoms with E-state index in [2.05, 4.69) is 9.46 Å². The van der Waals surface area contributed by atoms with Crippen LogP contribution in [0, 0.1) is 0 Å². The van der Waals surface area contributed by atoms with Crippen molar-refractivity contribution in [1.82, 2.24) is 4.72 Å². The normalized spacial score (nSPS) is 16.7. The number of carbonyl (C=O) groups excluding carboxylic acids is 1. The van der Waals surface area contributed by atoms with Crippen LogP contribution >= 0.6 is 22.9 Å². The van der Waals surface area contributed by atoms with Crippen molar-refractivity contribution >= 4 is 38.9 Å². The van der Waals surface area contributed by atoms with Crippen molar-refractivity contribution in [3.05, 3.63) is 15.3 Å². The molecule has 19 heavy (non-hydrogen) atoms. The summed E-state index contributed by atoms with van der Waals surface area (Å²) in [7, 11) is -2.53. The van der Waals surface area contributed by atoms with E-state index in [9.17, 15) is 13.2 Å². The first-order valence-corrected chi connectivity index (χ1v) is 8.52. The van der Waals surface area contributed by atoms with Crippen molar-refractivity contribution in [2.75, 3.05) is 7.11 Å². The molecule has 1 aromatic heterocycles. The zero-order chi connectivity index (χ0) is 14.0. The Morgan fingerprint density at radius 3 is 2.68 bits per heavy atom. The van der Waals surface area contributed by atoms with Gasteiger partial charge in [-0.3, -0.25) is 0 Å². The summed E-state index contributed by atoms with van der Waals surface area (Å²) in [5, 5.41) is 0. The first-order chi connectivity index (χ1) is 8.94. The molecule has 5 nitrogen and oxygen atoms in total. The lowest BCUT2D eigenvalue weighted by molar-refractivity contribution is 0.0602. The van der Waals surface area contributed by atoms with Gasteiger partial charge in [0, 0.05) is 6.04 Å². The second kappa shape index (κ2) is 5.78. The summed E-state index contributed by atoms with van der Waals surface area (Å²) < 4.78 is 32.0. The predicted molar refractivity (Wildman–Crippen MR) is 73.2 cm³/mol. The molecule has 0 radical (unpaired) electrons. The zero-order valence-electron chi connectivity index (χ0n) is 10.3. The third-order valence-corrected chi connectivity index (χ3v) is 5.92. The van der Waals surface area contributed by atoms with E-state index in [1.54, 1.807) is 0 Å². The van der Waals surface area contributed by atoms with Crippen LogP contribution in [0.1, 0.15) is 35.4 Å². The van der Waals surface area contributed by atoms with Gasteiger partial charge in [-0.1, -0.05) is 24.4 Å². The van der Waals surface area contributed by atoms with Gasteiger partial charge in [-0.05, 0) is 18.9 Å². The number of sulfonamides is 1. The van der Waals surface area contributed by atoms with Gasteiger partial charge in [-0.2, -0.15) is 0 Å². The molecule has 0 amide bonds. The lowest BCUT2D eigenvalue weighted by Gasteiger charge is -2.12. The number of halogens is 1. The van der Waals surface area contributed by atoms with Crippen molar-refractivity contribution in [2.45, 2.75) is 36.6 Å². The molecule has 1 saturated carbocycles. The van der Waals surface area contributed by atoms with Gasteiger partial charge in [0.1, 0.15) is 9.77 Å². The van der Waals surface area contributed by atoms with Gasteiger partial charge in [-0.25, -0.2) is 17.9 Å². The van der Waals surface area contributed by atoms with Crippen LogP contribution in [0.15, 0.2) is 11.0 Å². The molecule has 1 aliphatic rings. The number of methoxy groups -OCH3 is 1. The molecule has 0 saturated heterocycles. The molecule has 2 rings (SSSR count). The Kier molecular flexibility index (Phi) is 4.50. The summed E-state index contributed by atoms with van der Waals surface area (Å²) in [4.78, 5) is 11.5. The zero-order valence-corrected chi connectivity index (χ0v) is 12.7. The van der Waals surface area contributed by atoms with E-state index < -0.39 is 16.0 Å². The molecule has 1 aromatic rings. The molecular formula is C11H14ClNO4S2. The number of ether oxygens (including phenoxy) is 1. The fraction of sp³-hybridized carbons (Fsp3) is 0.545. The average Bonchev–Trinajstić information content (AvgIpc) is 2.97.